The Kier molecular flexibility index (Phi) is 4.61. The molecule has 2 aromatic heterocycles. The average molecular weight is 400 g/mol. The molecule has 2 aliphatic rings. The second-order valence-corrected chi connectivity index (χ2v) is 7.93. The van der Waals surface area contributed by atoms with Gasteiger partial charge in [-0.1, -0.05) is 24.4 Å². The van der Waals surface area contributed by atoms with Crippen molar-refractivity contribution in [1.82, 2.24) is 14.5 Å². The van der Waals surface area contributed by atoms with E-state index < -0.39 is 0 Å². The molecular weight excluding hydrogens is 378 g/mol. The number of hydrogen-bond donors (Lipinski definition) is 0. The largest absolute Gasteiger partial charge is 0.444 e. The number of halogens is 1. The number of carbonyl (C=O) groups is 1. The lowest BCUT2D eigenvalue weighted by molar-refractivity contribution is 0.0299. The van der Waals surface area contributed by atoms with Crippen molar-refractivity contribution in [2.75, 3.05) is 26.3 Å². The fraction of sp³-hybridized carbons (Fsp3) is 0.429. The molecule has 1 aromatic carbocycles. The summed E-state index contributed by atoms with van der Waals surface area (Å²) in [5.74, 6) is 0.344. The first-order valence-electron chi connectivity index (χ1n) is 9.84. The van der Waals surface area contributed by atoms with E-state index in [9.17, 15) is 4.79 Å². The summed E-state index contributed by atoms with van der Waals surface area (Å²) < 4.78 is 13.4. The van der Waals surface area contributed by atoms with Crippen molar-refractivity contribution in [2.45, 2.75) is 31.7 Å². The summed E-state index contributed by atoms with van der Waals surface area (Å²) in [5, 5.41) is 1.68. The van der Waals surface area contributed by atoms with E-state index in [0.717, 1.165) is 16.5 Å². The molecule has 0 spiro atoms. The van der Waals surface area contributed by atoms with Gasteiger partial charge in [0.25, 0.3) is 5.91 Å². The monoisotopic (exact) mass is 399 g/mol. The maximum Gasteiger partial charge on any atom is 0.275 e. The summed E-state index contributed by atoms with van der Waals surface area (Å²) >= 11 is 6.27. The standard InChI is InChI=1S/C21H22ClN3O3/c22-14-5-6-19-16(11-14)17(12-25(19)15-3-1-2-4-15)20-23-18(13-28-20)21(26)24-7-9-27-10-8-24/h5-6,11-13,15H,1-4,7-10H2. The normalized spacial score (nSPS) is 18.2. The maximum atomic E-state index is 12.7. The molecule has 3 heterocycles. The van der Waals surface area contributed by atoms with E-state index in [0.29, 0.717) is 49.0 Å². The number of rotatable bonds is 3. The van der Waals surface area contributed by atoms with E-state index in [1.807, 2.05) is 12.1 Å². The number of oxazole rings is 1. The Morgan fingerprint density at radius 1 is 1.18 bits per heavy atom. The molecule has 0 atom stereocenters. The van der Waals surface area contributed by atoms with Gasteiger partial charge < -0.3 is 18.6 Å². The Morgan fingerprint density at radius 2 is 1.96 bits per heavy atom. The van der Waals surface area contributed by atoms with Crippen LogP contribution in [0.4, 0.5) is 0 Å². The summed E-state index contributed by atoms with van der Waals surface area (Å²) in [4.78, 5) is 19.0. The molecule has 0 radical (unpaired) electrons. The maximum absolute atomic E-state index is 12.7. The van der Waals surface area contributed by atoms with Crippen LogP contribution in [0.5, 0.6) is 0 Å². The highest BCUT2D eigenvalue weighted by atomic mass is 35.5. The molecule has 7 heteroatoms. The van der Waals surface area contributed by atoms with Crippen LogP contribution in [0.15, 0.2) is 35.1 Å². The van der Waals surface area contributed by atoms with Gasteiger partial charge in [0.15, 0.2) is 5.69 Å². The van der Waals surface area contributed by atoms with Crippen molar-refractivity contribution in [3.63, 3.8) is 0 Å². The van der Waals surface area contributed by atoms with E-state index in [2.05, 4.69) is 21.8 Å². The zero-order chi connectivity index (χ0) is 19.1. The minimum atomic E-state index is -0.115. The van der Waals surface area contributed by atoms with E-state index in [1.165, 1.54) is 31.9 Å². The zero-order valence-corrected chi connectivity index (χ0v) is 16.3. The van der Waals surface area contributed by atoms with Gasteiger partial charge in [-0.15, -0.1) is 0 Å². The van der Waals surface area contributed by atoms with Crippen LogP contribution < -0.4 is 0 Å². The lowest BCUT2D eigenvalue weighted by atomic mass is 10.2. The summed E-state index contributed by atoms with van der Waals surface area (Å²) in [6.45, 7) is 2.28. The van der Waals surface area contributed by atoms with E-state index in [-0.39, 0.29) is 5.91 Å². The summed E-state index contributed by atoms with van der Waals surface area (Å²) in [6.07, 6.45) is 8.42. The van der Waals surface area contributed by atoms with Gasteiger partial charge in [-0.25, -0.2) is 4.98 Å². The van der Waals surface area contributed by atoms with Gasteiger partial charge in [-0.2, -0.15) is 0 Å². The second-order valence-electron chi connectivity index (χ2n) is 7.49. The average Bonchev–Trinajstić information content (AvgIpc) is 3.47. The highest BCUT2D eigenvalue weighted by Crippen LogP contribution is 2.38. The molecule has 5 rings (SSSR count). The van der Waals surface area contributed by atoms with Crippen LogP contribution in [0, 0.1) is 0 Å². The van der Waals surface area contributed by atoms with Crippen LogP contribution in [-0.4, -0.2) is 46.7 Å². The molecule has 1 aliphatic carbocycles. The summed E-state index contributed by atoms with van der Waals surface area (Å²) in [7, 11) is 0. The predicted molar refractivity (Wildman–Crippen MR) is 107 cm³/mol. The molecule has 146 valence electrons. The molecule has 1 saturated heterocycles. The van der Waals surface area contributed by atoms with Crippen molar-refractivity contribution in [3.8, 4) is 11.5 Å². The van der Waals surface area contributed by atoms with Crippen LogP contribution >= 0.6 is 11.6 Å². The Bertz CT molecular complexity index is 1010. The Morgan fingerprint density at radius 3 is 2.75 bits per heavy atom. The number of hydrogen-bond acceptors (Lipinski definition) is 4. The van der Waals surface area contributed by atoms with Gasteiger partial charge in [0.2, 0.25) is 5.89 Å². The first-order valence-corrected chi connectivity index (χ1v) is 10.2. The van der Waals surface area contributed by atoms with Gasteiger partial charge in [-0.05, 0) is 31.0 Å². The first-order chi connectivity index (χ1) is 13.7. The Balaban J connectivity index is 1.53. The van der Waals surface area contributed by atoms with Crippen molar-refractivity contribution < 1.29 is 13.9 Å². The van der Waals surface area contributed by atoms with Crippen LogP contribution in [0.25, 0.3) is 22.4 Å². The molecule has 2 fully saturated rings. The molecule has 0 N–H and O–H groups in total. The number of benzene rings is 1. The molecular formula is C21H22ClN3O3. The quantitative estimate of drug-likeness (QED) is 0.648. The third kappa shape index (κ3) is 3.10. The Labute approximate surface area is 168 Å². The van der Waals surface area contributed by atoms with Gasteiger partial charge in [-0.3, -0.25) is 4.79 Å². The van der Waals surface area contributed by atoms with Crippen molar-refractivity contribution in [1.29, 1.82) is 0 Å². The first kappa shape index (κ1) is 17.8. The lowest BCUT2D eigenvalue weighted by Gasteiger charge is -2.25. The molecule has 1 saturated carbocycles. The minimum Gasteiger partial charge on any atom is -0.444 e. The number of carbonyl (C=O) groups excluding carboxylic acids is 1. The topological polar surface area (TPSA) is 60.5 Å². The van der Waals surface area contributed by atoms with Crippen molar-refractivity contribution >= 4 is 28.4 Å². The van der Waals surface area contributed by atoms with Gasteiger partial charge in [0.05, 0.1) is 18.8 Å². The number of morpholine rings is 1. The van der Waals surface area contributed by atoms with E-state index in [4.69, 9.17) is 20.8 Å². The number of aromatic nitrogens is 2. The minimum absolute atomic E-state index is 0.115. The van der Waals surface area contributed by atoms with Gasteiger partial charge in [0, 0.05) is 41.3 Å². The molecule has 3 aromatic rings. The molecule has 6 nitrogen and oxygen atoms in total. The van der Waals surface area contributed by atoms with Gasteiger partial charge >= 0.3 is 0 Å². The number of ether oxygens (including phenoxy) is 1. The summed E-state index contributed by atoms with van der Waals surface area (Å²) in [5.41, 5.74) is 2.34. The van der Waals surface area contributed by atoms with Crippen molar-refractivity contribution in [3.05, 3.63) is 41.4 Å². The molecule has 0 bridgehead atoms. The van der Waals surface area contributed by atoms with Gasteiger partial charge in [0.1, 0.15) is 6.26 Å². The van der Waals surface area contributed by atoms with Crippen LogP contribution in [-0.2, 0) is 4.74 Å². The highest BCUT2D eigenvalue weighted by molar-refractivity contribution is 6.31. The van der Waals surface area contributed by atoms with Crippen LogP contribution in [0.2, 0.25) is 5.02 Å². The van der Waals surface area contributed by atoms with Crippen LogP contribution in [0.3, 0.4) is 0 Å². The number of fused-ring (bicyclic) bond motifs is 1. The number of amides is 1. The third-order valence-electron chi connectivity index (χ3n) is 5.77. The fourth-order valence-electron chi connectivity index (χ4n) is 4.31. The Hall–Kier alpha value is -2.31. The molecule has 1 amide bonds. The van der Waals surface area contributed by atoms with E-state index >= 15 is 0 Å². The summed E-state index contributed by atoms with van der Waals surface area (Å²) in [6, 6.07) is 6.41. The molecule has 1 aliphatic heterocycles. The van der Waals surface area contributed by atoms with Crippen LogP contribution in [0.1, 0.15) is 42.2 Å². The zero-order valence-electron chi connectivity index (χ0n) is 15.6. The predicted octanol–water partition coefficient (Wildman–Crippen LogP) is 4.54. The number of nitrogens with zero attached hydrogens (tertiary/aromatic N) is 3. The highest BCUT2D eigenvalue weighted by Gasteiger charge is 2.25. The third-order valence-corrected chi connectivity index (χ3v) is 6.00. The SMILES string of the molecule is O=C(c1coc(-c2cn(C3CCCC3)c3ccc(Cl)cc23)n1)N1CCOCC1. The van der Waals surface area contributed by atoms with Crippen molar-refractivity contribution in [2.24, 2.45) is 0 Å². The molecule has 28 heavy (non-hydrogen) atoms. The smallest absolute Gasteiger partial charge is 0.275 e. The fourth-order valence-corrected chi connectivity index (χ4v) is 4.48. The van der Waals surface area contributed by atoms with E-state index in [1.54, 1.807) is 4.90 Å². The second kappa shape index (κ2) is 7.26. The molecule has 0 unspecified atom stereocenters. The lowest BCUT2D eigenvalue weighted by Crippen LogP contribution is -2.40.